The second-order valence-corrected chi connectivity index (χ2v) is 3.42. The SMILES string of the molecule is O=C(O)COC1CC(COC(F)(F)F)C1. The van der Waals surface area contributed by atoms with Gasteiger partial charge in [-0.15, -0.1) is 13.2 Å². The largest absolute Gasteiger partial charge is 0.522 e. The van der Waals surface area contributed by atoms with Crippen molar-refractivity contribution in [3.63, 3.8) is 0 Å². The van der Waals surface area contributed by atoms with Crippen LogP contribution in [0.4, 0.5) is 13.2 Å². The molecule has 1 aliphatic carbocycles. The summed E-state index contributed by atoms with van der Waals surface area (Å²) in [7, 11) is 0. The van der Waals surface area contributed by atoms with Gasteiger partial charge in [0.2, 0.25) is 0 Å². The minimum Gasteiger partial charge on any atom is -0.480 e. The zero-order chi connectivity index (χ0) is 11.5. The Morgan fingerprint density at radius 1 is 1.40 bits per heavy atom. The molecule has 0 spiro atoms. The molecule has 0 radical (unpaired) electrons. The molecule has 15 heavy (non-hydrogen) atoms. The predicted molar refractivity (Wildman–Crippen MR) is 42.1 cm³/mol. The predicted octanol–water partition coefficient (Wildman–Crippen LogP) is 1.40. The van der Waals surface area contributed by atoms with Crippen molar-refractivity contribution in [1.82, 2.24) is 0 Å². The second kappa shape index (κ2) is 4.80. The molecule has 0 unspecified atom stereocenters. The number of carboxylic acid groups (broad SMARTS) is 1. The summed E-state index contributed by atoms with van der Waals surface area (Å²) >= 11 is 0. The van der Waals surface area contributed by atoms with Crippen molar-refractivity contribution < 1.29 is 32.5 Å². The van der Waals surface area contributed by atoms with E-state index in [-0.39, 0.29) is 18.6 Å². The summed E-state index contributed by atoms with van der Waals surface area (Å²) in [6, 6.07) is 0. The molecule has 1 saturated carbocycles. The van der Waals surface area contributed by atoms with Crippen LogP contribution in [0, 0.1) is 5.92 Å². The maximum absolute atomic E-state index is 11.6. The molecule has 1 aliphatic rings. The Morgan fingerprint density at radius 3 is 2.47 bits per heavy atom. The molecule has 0 aliphatic heterocycles. The number of alkyl halides is 3. The zero-order valence-corrected chi connectivity index (χ0v) is 7.79. The van der Waals surface area contributed by atoms with E-state index in [1.165, 1.54) is 0 Å². The standard InChI is InChI=1S/C8H11F3O4/c9-8(10,11)15-3-5-1-6(2-5)14-4-7(12)13/h5-6H,1-4H2,(H,12,13). The third-order valence-electron chi connectivity index (χ3n) is 2.12. The lowest BCUT2D eigenvalue weighted by molar-refractivity contribution is -0.331. The van der Waals surface area contributed by atoms with Crippen LogP contribution in [0.5, 0.6) is 0 Å². The van der Waals surface area contributed by atoms with Gasteiger partial charge >= 0.3 is 12.3 Å². The number of aliphatic carboxylic acids is 1. The molecule has 0 atom stereocenters. The monoisotopic (exact) mass is 228 g/mol. The fourth-order valence-corrected chi connectivity index (χ4v) is 1.35. The minimum absolute atomic E-state index is 0.189. The molecule has 0 heterocycles. The molecular formula is C8H11F3O4. The number of halogens is 3. The van der Waals surface area contributed by atoms with Crippen molar-refractivity contribution in [3.05, 3.63) is 0 Å². The van der Waals surface area contributed by atoms with Crippen molar-refractivity contribution in [2.45, 2.75) is 25.3 Å². The first-order chi connectivity index (χ1) is 6.87. The molecule has 0 aromatic rings. The third-order valence-corrected chi connectivity index (χ3v) is 2.12. The van der Waals surface area contributed by atoms with Gasteiger partial charge in [-0.1, -0.05) is 0 Å². The first kappa shape index (κ1) is 12.3. The van der Waals surface area contributed by atoms with E-state index >= 15 is 0 Å². The quantitative estimate of drug-likeness (QED) is 0.772. The van der Waals surface area contributed by atoms with Crippen LogP contribution < -0.4 is 0 Å². The number of hydrogen-bond donors (Lipinski definition) is 1. The normalized spacial score (nSPS) is 26.1. The number of carboxylic acids is 1. The molecule has 0 aromatic heterocycles. The number of carbonyl (C=O) groups is 1. The van der Waals surface area contributed by atoms with Crippen LogP contribution in [0.1, 0.15) is 12.8 Å². The van der Waals surface area contributed by atoms with E-state index < -0.39 is 18.9 Å². The summed E-state index contributed by atoms with van der Waals surface area (Å²) < 4.78 is 43.3. The van der Waals surface area contributed by atoms with E-state index in [0.29, 0.717) is 12.8 Å². The van der Waals surface area contributed by atoms with E-state index in [9.17, 15) is 18.0 Å². The van der Waals surface area contributed by atoms with E-state index in [1.807, 2.05) is 0 Å². The summed E-state index contributed by atoms with van der Waals surface area (Å²) in [5.74, 6) is -1.27. The molecule has 0 bridgehead atoms. The highest BCUT2D eigenvalue weighted by Gasteiger charge is 2.35. The molecular weight excluding hydrogens is 217 g/mol. The van der Waals surface area contributed by atoms with Crippen molar-refractivity contribution in [2.24, 2.45) is 5.92 Å². The lowest BCUT2D eigenvalue weighted by Gasteiger charge is -2.34. The number of rotatable bonds is 5. The van der Waals surface area contributed by atoms with Gasteiger partial charge in [0.1, 0.15) is 6.61 Å². The van der Waals surface area contributed by atoms with Crippen LogP contribution >= 0.6 is 0 Å². The maximum Gasteiger partial charge on any atom is 0.522 e. The van der Waals surface area contributed by atoms with Crippen LogP contribution in [-0.2, 0) is 14.3 Å². The van der Waals surface area contributed by atoms with Gasteiger partial charge in [-0.3, -0.25) is 4.74 Å². The van der Waals surface area contributed by atoms with Crippen LogP contribution in [0.25, 0.3) is 0 Å². The summed E-state index contributed by atoms with van der Waals surface area (Å²) in [6.45, 7) is -0.784. The van der Waals surface area contributed by atoms with Gasteiger partial charge in [0.05, 0.1) is 12.7 Å². The first-order valence-corrected chi connectivity index (χ1v) is 4.41. The second-order valence-electron chi connectivity index (χ2n) is 3.42. The Bertz CT molecular complexity index is 222. The topological polar surface area (TPSA) is 55.8 Å². The average molecular weight is 228 g/mol. The Balaban J connectivity index is 2.03. The highest BCUT2D eigenvalue weighted by atomic mass is 19.4. The van der Waals surface area contributed by atoms with Gasteiger partial charge in [-0.2, -0.15) is 0 Å². The Kier molecular flexibility index (Phi) is 3.92. The van der Waals surface area contributed by atoms with Crippen molar-refractivity contribution >= 4 is 5.97 Å². The van der Waals surface area contributed by atoms with Gasteiger partial charge in [0.25, 0.3) is 0 Å². The van der Waals surface area contributed by atoms with E-state index in [1.54, 1.807) is 0 Å². The van der Waals surface area contributed by atoms with Gasteiger partial charge in [-0.25, -0.2) is 4.79 Å². The fourth-order valence-electron chi connectivity index (χ4n) is 1.35. The maximum atomic E-state index is 11.6. The molecule has 1 fully saturated rings. The highest BCUT2D eigenvalue weighted by molar-refractivity contribution is 5.68. The van der Waals surface area contributed by atoms with Crippen LogP contribution in [0.3, 0.4) is 0 Å². The first-order valence-electron chi connectivity index (χ1n) is 4.41. The van der Waals surface area contributed by atoms with Crippen LogP contribution in [0.2, 0.25) is 0 Å². The van der Waals surface area contributed by atoms with E-state index in [2.05, 4.69) is 4.74 Å². The van der Waals surface area contributed by atoms with Gasteiger partial charge in [0.15, 0.2) is 0 Å². The zero-order valence-electron chi connectivity index (χ0n) is 7.79. The number of ether oxygens (including phenoxy) is 2. The smallest absolute Gasteiger partial charge is 0.480 e. The van der Waals surface area contributed by atoms with Crippen LogP contribution in [0.15, 0.2) is 0 Å². The van der Waals surface area contributed by atoms with E-state index in [0.717, 1.165) is 0 Å². The average Bonchev–Trinajstić information content (AvgIpc) is 1.97. The summed E-state index contributed by atoms with van der Waals surface area (Å²) in [6.07, 6.45) is -4.00. The number of hydrogen-bond acceptors (Lipinski definition) is 3. The van der Waals surface area contributed by atoms with Gasteiger partial charge in [0, 0.05) is 0 Å². The Morgan fingerprint density at radius 2 is 2.00 bits per heavy atom. The summed E-state index contributed by atoms with van der Waals surface area (Å²) in [5.41, 5.74) is 0. The lowest BCUT2D eigenvalue weighted by atomic mass is 9.83. The minimum atomic E-state index is -4.59. The van der Waals surface area contributed by atoms with Gasteiger partial charge < -0.3 is 9.84 Å². The van der Waals surface area contributed by atoms with Crippen molar-refractivity contribution in [2.75, 3.05) is 13.2 Å². The fraction of sp³-hybridized carbons (Fsp3) is 0.875. The molecule has 7 heteroatoms. The Labute approximate surface area is 84.0 Å². The Hall–Kier alpha value is -0.820. The lowest BCUT2D eigenvalue weighted by Crippen LogP contribution is -2.36. The van der Waals surface area contributed by atoms with E-state index in [4.69, 9.17) is 9.84 Å². The molecule has 0 saturated heterocycles. The summed E-state index contributed by atoms with van der Waals surface area (Å²) in [4.78, 5) is 10.1. The molecule has 0 amide bonds. The molecule has 1 rings (SSSR count). The molecule has 1 N–H and O–H groups in total. The summed E-state index contributed by atoms with van der Waals surface area (Å²) in [5, 5.41) is 8.26. The van der Waals surface area contributed by atoms with Crippen molar-refractivity contribution in [1.29, 1.82) is 0 Å². The van der Waals surface area contributed by atoms with Gasteiger partial charge in [-0.05, 0) is 18.8 Å². The molecule has 88 valence electrons. The highest BCUT2D eigenvalue weighted by Crippen LogP contribution is 2.31. The van der Waals surface area contributed by atoms with Crippen LogP contribution in [-0.4, -0.2) is 36.8 Å². The van der Waals surface area contributed by atoms with Crippen molar-refractivity contribution in [3.8, 4) is 0 Å². The molecule has 0 aromatic carbocycles. The molecule has 4 nitrogen and oxygen atoms in total. The third kappa shape index (κ3) is 4.98.